The molecule has 0 aliphatic carbocycles. The summed E-state index contributed by atoms with van der Waals surface area (Å²) in [7, 11) is 1.86. The Kier molecular flexibility index (Phi) is 4.27. The second-order valence-electron chi connectivity index (χ2n) is 6.64. The van der Waals surface area contributed by atoms with E-state index >= 15 is 0 Å². The molecule has 7 heteroatoms. The highest BCUT2D eigenvalue weighted by molar-refractivity contribution is 5.97. The first kappa shape index (κ1) is 17.1. The summed E-state index contributed by atoms with van der Waals surface area (Å²) in [5.41, 5.74) is 0.475. The summed E-state index contributed by atoms with van der Waals surface area (Å²) < 4.78 is 7.08. The number of carbonyl (C=O) groups is 2. The van der Waals surface area contributed by atoms with Crippen molar-refractivity contribution in [2.45, 2.75) is 0 Å². The molecule has 27 heavy (non-hydrogen) atoms. The number of piperazine rings is 1. The molecular weight excluding hydrogens is 346 g/mol. The first-order valence-electron chi connectivity index (χ1n) is 8.76. The number of carbonyl (C=O) groups excluding carboxylic acids is 2. The van der Waals surface area contributed by atoms with Gasteiger partial charge in [0.25, 0.3) is 11.8 Å². The molecular formula is C20H19N3O4. The number of rotatable bonds is 2. The number of fused-ring (bicyclic) bond motifs is 1. The van der Waals surface area contributed by atoms with Crippen LogP contribution in [0.4, 0.5) is 0 Å². The predicted octanol–water partition coefficient (Wildman–Crippen LogP) is 1.73. The lowest BCUT2D eigenvalue weighted by Gasteiger charge is -2.34. The quantitative estimate of drug-likeness (QED) is 0.648. The first-order chi connectivity index (χ1) is 13.0. The number of aromatic nitrogens is 1. The zero-order valence-corrected chi connectivity index (χ0v) is 14.9. The molecule has 0 N–H and O–H groups in total. The van der Waals surface area contributed by atoms with Crippen molar-refractivity contribution in [2.75, 3.05) is 26.2 Å². The molecule has 0 unspecified atom stereocenters. The van der Waals surface area contributed by atoms with Crippen molar-refractivity contribution in [3.8, 4) is 0 Å². The predicted molar refractivity (Wildman–Crippen MR) is 99.7 cm³/mol. The molecule has 4 rings (SSSR count). The molecule has 1 fully saturated rings. The smallest absolute Gasteiger partial charge is 0.349 e. The molecule has 0 spiro atoms. The van der Waals surface area contributed by atoms with Gasteiger partial charge in [0, 0.05) is 51.0 Å². The lowest BCUT2D eigenvalue weighted by atomic mass is 10.1. The highest BCUT2D eigenvalue weighted by Crippen LogP contribution is 2.15. The number of para-hydroxylation sites is 1. The number of aryl methyl sites for hydroxylation is 1. The van der Waals surface area contributed by atoms with Gasteiger partial charge in [0.2, 0.25) is 0 Å². The van der Waals surface area contributed by atoms with E-state index in [-0.39, 0.29) is 17.4 Å². The van der Waals surface area contributed by atoms with E-state index in [1.54, 1.807) is 46.3 Å². The van der Waals surface area contributed by atoms with Crippen LogP contribution in [0.15, 0.2) is 58.0 Å². The minimum Gasteiger partial charge on any atom is -0.422 e. The van der Waals surface area contributed by atoms with Gasteiger partial charge < -0.3 is 18.8 Å². The molecule has 1 aromatic carbocycles. The summed E-state index contributed by atoms with van der Waals surface area (Å²) in [5, 5.41) is 0.707. The maximum Gasteiger partial charge on any atom is 0.349 e. The van der Waals surface area contributed by atoms with Crippen molar-refractivity contribution in [1.29, 1.82) is 0 Å². The van der Waals surface area contributed by atoms with Gasteiger partial charge in [-0.25, -0.2) is 4.79 Å². The van der Waals surface area contributed by atoms with Crippen LogP contribution in [-0.4, -0.2) is 52.4 Å². The van der Waals surface area contributed by atoms with Gasteiger partial charge in [-0.2, -0.15) is 0 Å². The summed E-state index contributed by atoms with van der Waals surface area (Å²) in [6, 6.07) is 10.4. The minimum absolute atomic E-state index is 0.0246. The molecule has 0 saturated carbocycles. The maximum absolute atomic E-state index is 12.8. The van der Waals surface area contributed by atoms with E-state index in [9.17, 15) is 14.4 Å². The molecule has 0 atom stereocenters. The Morgan fingerprint density at radius 2 is 1.63 bits per heavy atom. The van der Waals surface area contributed by atoms with Crippen LogP contribution < -0.4 is 5.63 Å². The van der Waals surface area contributed by atoms with E-state index in [4.69, 9.17) is 4.42 Å². The van der Waals surface area contributed by atoms with Crippen molar-refractivity contribution in [3.05, 3.63) is 70.3 Å². The molecule has 138 valence electrons. The van der Waals surface area contributed by atoms with Gasteiger partial charge in [0.1, 0.15) is 11.1 Å². The van der Waals surface area contributed by atoms with Crippen molar-refractivity contribution in [1.82, 2.24) is 14.4 Å². The Labute approximate surface area is 155 Å². The van der Waals surface area contributed by atoms with Crippen LogP contribution >= 0.6 is 0 Å². The van der Waals surface area contributed by atoms with E-state index in [1.807, 2.05) is 23.9 Å². The standard InChI is InChI=1S/C20H19N3O4/c1-21-7-6-15(13-21)18(24)22-8-10-23(11-9-22)19(25)16-12-14-4-2-3-5-17(14)27-20(16)26/h2-7,12-13H,8-11H2,1H3. The van der Waals surface area contributed by atoms with Gasteiger partial charge in [-0.3, -0.25) is 9.59 Å². The second-order valence-corrected chi connectivity index (χ2v) is 6.64. The van der Waals surface area contributed by atoms with Gasteiger partial charge in [0.15, 0.2) is 0 Å². The summed E-state index contributed by atoms with van der Waals surface area (Å²) in [5.74, 6) is -0.408. The van der Waals surface area contributed by atoms with Crippen LogP contribution in [0.1, 0.15) is 20.7 Å². The summed E-state index contributed by atoms with van der Waals surface area (Å²) in [6.45, 7) is 1.62. The fourth-order valence-corrected chi connectivity index (χ4v) is 3.31. The van der Waals surface area contributed by atoms with Gasteiger partial charge in [-0.1, -0.05) is 18.2 Å². The summed E-state index contributed by atoms with van der Waals surface area (Å²) in [6.07, 6.45) is 3.60. The van der Waals surface area contributed by atoms with E-state index in [0.29, 0.717) is 42.7 Å². The Morgan fingerprint density at radius 3 is 2.30 bits per heavy atom. The highest BCUT2D eigenvalue weighted by atomic mass is 16.4. The van der Waals surface area contributed by atoms with Gasteiger partial charge in [-0.15, -0.1) is 0 Å². The van der Waals surface area contributed by atoms with Crippen molar-refractivity contribution < 1.29 is 14.0 Å². The Hall–Kier alpha value is -3.35. The molecule has 7 nitrogen and oxygen atoms in total. The third kappa shape index (κ3) is 3.23. The lowest BCUT2D eigenvalue weighted by molar-refractivity contribution is 0.0533. The van der Waals surface area contributed by atoms with Crippen molar-refractivity contribution in [2.24, 2.45) is 7.05 Å². The molecule has 3 heterocycles. The number of nitrogens with zero attached hydrogens (tertiary/aromatic N) is 3. The summed E-state index contributed by atoms with van der Waals surface area (Å²) in [4.78, 5) is 40.8. The van der Waals surface area contributed by atoms with Gasteiger partial charge in [-0.05, 0) is 18.2 Å². The number of hydrogen-bond acceptors (Lipinski definition) is 4. The Bertz CT molecular complexity index is 1070. The average Bonchev–Trinajstić information content (AvgIpc) is 3.13. The SMILES string of the molecule is Cn1ccc(C(=O)N2CCN(C(=O)c3cc4ccccc4oc3=O)CC2)c1. The van der Waals surface area contributed by atoms with E-state index in [0.717, 1.165) is 0 Å². The Morgan fingerprint density at radius 1 is 0.963 bits per heavy atom. The van der Waals surface area contributed by atoms with Crippen LogP contribution in [-0.2, 0) is 7.05 Å². The number of amides is 2. The summed E-state index contributed by atoms with van der Waals surface area (Å²) >= 11 is 0. The third-order valence-electron chi connectivity index (χ3n) is 4.80. The van der Waals surface area contributed by atoms with Crippen LogP contribution in [0, 0.1) is 0 Å². The molecule has 2 amide bonds. The molecule has 3 aromatic rings. The fourth-order valence-electron chi connectivity index (χ4n) is 3.31. The van der Waals surface area contributed by atoms with Crippen LogP contribution in [0.25, 0.3) is 11.0 Å². The molecule has 2 aromatic heterocycles. The van der Waals surface area contributed by atoms with E-state index < -0.39 is 5.63 Å². The zero-order chi connectivity index (χ0) is 19.0. The van der Waals surface area contributed by atoms with Crippen molar-refractivity contribution >= 4 is 22.8 Å². The highest BCUT2D eigenvalue weighted by Gasteiger charge is 2.27. The van der Waals surface area contributed by atoms with Gasteiger partial charge >= 0.3 is 5.63 Å². The first-order valence-corrected chi connectivity index (χ1v) is 8.76. The third-order valence-corrected chi connectivity index (χ3v) is 4.80. The normalized spacial score (nSPS) is 14.6. The molecule has 1 aliphatic rings. The van der Waals surface area contributed by atoms with Gasteiger partial charge in [0.05, 0.1) is 5.56 Å². The number of benzene rings is 1. The minimum atomic E-state index is -0.638. The van der Waals surface area contributed by atoms with E-state index in [2.05, 4.69) is 0 Å². The lowest BCUT2D eigenvalue weighted by Crippen LogP contribution is -2.51. The zero-order valence-electron chi connectivity index (χ0n) is 14.9. The van der Waals surface area contributed by atoms with Crippen LogP contribution in [0.5, 0.6) is 0 Å². The largest absolute Gasteiger partial charge is 0.422 e. The van der Waals surface area contributed by atoms with Crippen molar-refractivity contribution in [3.63, 3.8) is 0 Å². The molecule has 1 aliphatic heterocycles. The second kappa shape index (κ2) is 6.75. The molecule has 0 radical (unpaired) electrons. The van der Waals surface area contributed by atoms with Crippen LogP contribution in [0.3, 0.4) is 0 Å². The Balaban J connectivity index is 1.48. The number of hydrogen-bond donors (Lipinski definition) is 0. The molecule has 0 bridgehead atoms. The van der Waals surface area contributed by atoms with Crippen LogP contribution in [0.2, 0.25) is 0 Å². The fraction of sp³-hybridized carbons (Fsp3) is 0.250. The maximum atomic E-state index is 12.8. The monoisotopic (exact) mass is 365 g/mol. The van der Waals surface area contributed by atoms with E-state index in [1.165, 1.54) is 0 Å². The topological polar surface area (TPSA) is 75.8 Å². The average molecular weight is 365 g/mol. The molecule has 1 saturated heterocycles.